The van der Waals surface area contributed by atoms with Crippen LogP contribution < -0.4 is 4.74 Å². The Hall–Kier alpha value is -1.33. The molecule has 0 amide bonds. The monoisotopic (exact) mass is 257 g/mol. The van der Waals surface area contributed by atoms with Gasteiger partial charge in [-0.25, -0.2) is 0 Å². The molecular formula is C11H12ClNO4. The van der Waals surface area contributed by atoms with E-state index in [9.17, 15) is 15.2 Å². The SMILES string of the molecule is O=[N+]([O-])c1ccc(O[C@H]2CCC[C@@H]2O)cc1Cl. The molecule has 0 heterocycles. The molecule has 92 valence electrons. The van der Waals surface area contributed by atoms with E-state index in [-0.39, 0.29) is 16.8 Å². The van der Waals surface area contributed by atoms with Gasteiger partial charge in [-0.2, -0.15) is 0 Å². The number of aliphatic hydroxyl groups excluding tert-OH is 1. The van der Waals surface area contributed by atoms with Gasteiger partial charge in [0.2, 0.25) is 0 Å². The van der Waals surface area contributed by atoms with Crippen LogP contribution >= 0.6 is 11.6 Å². The Morgan fingerprint density at radius 3 is 2.76 bits per heavy atom. The summed E-state index contributed by atoms with van der Waals surface area (Å²) in [5, 5.41) is 20.2. The molecule has 2 rings (SSSR count). The summed E-state index contributed by atoms with van der Waals surface area (Å²) in [6, 6.07) is 4.21. The third-order valence-electron chi connectivity index (χ3n) is 2.82. The van der Waals surface area contributed by atoms with E-state index in [2.05, 4.69) is 0 Å². The highest BCUT2D eigenvalue weighted by Crippen LogP contribution is 2.31. The number of benzene rings is 1. The van der Waals surface area contributed by atoms with Crippen molar-refractivity contribution in [3.63, 3.8) is 0 Å². The van der Waals surface area contributed by atoms with E-state index in [1.807, 2.05) is 0 Å². The molecule has 1 aliphatic carbocycles. The Bertz CT molecular complexity index is 437. The average molecular weight is 258 g/mol. The first kappa shape index (κ1) is 12.1. The zero-order valence-electron chi connectivity index (χ0n) is 9.01. The molecule has 1 fully saturated rings. The maximum absolute atomic E-state index is 10.6. The molecule has 6 heteroatoms. The van der Waals surface area contributed by atoms with Gasteiger partial charge in [0.1, 0.15) is 16.9 Å². The third kappa shape index (κ3) is 2.68. The van der Waals surface area contributed by atoms with Crippen molar-refractivity contribution in [1.82, 2.24) is 0 Å². The van der Waals surface area contributed by atoms with E-state index in [1.165, 1.54) is 18.2 Å². The lowest BCUT2D eigenvalue weighted by molar-refractivity contribution is -0.384. The van der Waals surface area contributed by atoms with E-state index in [0.29, 0.717) is 5.75 Å². The standard InChI is InChI=1S/C11H12ClNO4/c12-8-6-7(4-5-9(8)13(15)16)17-11-3-1-2-10(11)14/h4-6,10-11,14H,1-3H2/t10-,11-/m0/s1. The summed E-state index contributed by atoms with van der Waals surface area (Å²) in [7, 11) is 0. The molecule has 1 aliphatic rings. The minimum Gasteiger partial charge on any atom is -0.488 e. The van der Waals surface area contributed by atoms with Crippen molar-refractivity contribution < 1.29 is 14.8 Å². The van der Waals surface area contributed by atoms with Crippen molar-refractivity contribution in [1.29, 1.82) is 0 Å². The van der Waals surface area contributed by atoms with Gasteiger partial charge in [0, 0.05) is 12.1 Å². The van der Waals surface area contributed by atoms with E-state index in [4.69, 9.17) is 16.3 Å². The highest BCUT2D eigenvalue weighted by molar-refractivity contribution is 6.32. The van der Waals surface area contributed by atoms with E-state index < -0.39 is 11.0 Å². The number of nitro benzene ring substituents is 1. The van der Waals surface area contributed by atoms with Crippen LogP contribution in [0.1, 0.15) is 19.3 Å². The molecule has 1 aromatic rings. The van der Waals surface area contributed by atoms with E-state index >= 15 is 0 Å². The molecule has 0 bridgehead atoms. The summed E-state index contributed by atoms with van der Waals surface area (Å²) < 4.78 is 5.55. The summed E-state index contributed by atoms with van der Waals surface area (Å²) in [6.45, 7) is 0. The van der Waals surface area contributed by atoms with Crippen LogP contribution in [0.4, 0.5) is 5.69 Å². The molecule has 0 spiro atoms. The van der Waals surface area contributed by atoms with Gasteiger partial charge in [-0.3, -0.25) is 10.1 Å². The van der Waals surface area contributed by atoms with Gasteiger partial charge >= 0.3 is 0 Å². The van der Waals surface area contributed by atoms with Crippen LogP contribution in [0.15, 0.2) is 18.2 Å². The molecular weight excluding hydrogens is 246 g/mol. The van der Waals surface area contributed by atoms with Crippen molar-refractivity contribution in [3.05, 3.63) is 33.3 Å². The molecule has 0 aromatic heterocycles. The normalized spacial score (nSPS) is 23.6. The second kappa shape index (κ2) is 4.89. The third-order valence-corrected chi connectivity index (χ3v) is 3.12. The van der Waals surface area contributed by atoms with Gasteiger partial charge in [0.05, 0.1) is 11.0 Å². The fourth-order valence-electron chi connectivity index (χ4n) is 1.93. The highest BCUT2D eigenvalue weighted by atomic mass is 35.5. The van der Waals surface area contributed by atoms with Crippen LogP contribution in [-0.2, 0) is 0 Å². The van der Waals surface area contributed by atoms with Gasteiger partial charge < -0.3 is 9.84 Å². The van der Waals surface area contributed by atoms with Crippen LogP contribution in [-0.4, -0.2) is 22.2 Å². The fraction of sp³-hybridized carbons (Fsp3) is 0.455. The van der Waals surface area contributed by atoms with E-state index in [1.54, 1.807) is 0 Å². The summed E-state index contributed by atoms with van der Waals surface area (Å²) in [4.78, 5) is 10.0. The number of ether oxygens (including phenoxy) is 1. The number of rotatable bonds is 3. The first-order valence-corrected chi connectivity index (χ1v) is 5.74. The van der Waals surface area contributed by atoms with Crippen LogP contribution in [0, 0.1) is 10.1 Å². The van der Waals surface area contributed by atoms with Crippen LogP contribution in [0.5, 0.6) is 5.75 Å². The average Bonchev–Trinajstić information content (AvgIpc) is 2.64. The zero-order valence-corrected chi connectivity index (χ0v) is 9.76. The van der Waals surface area contributed by atoms with Gasteiger partial charge in [0.25, 0.3) is 5.69 Å². The van der Waals surface area contributed by atoms with Crippen LogP contribution in [0.2, 0.25) is 5.02 Å². The van der Waals surface area contributed by atoms with Crippen molar-refractivity contribution in [3.8, 4) is 5.75 Å². The maximum atomic E-state index is 10.6. The van der Waals surface area contributed by atoms with Crippen LogP contribution in [0.3, 0.4) is 0 Å². The van der Waals surface area contributed by atoms with Crippen molar-refractivity contribution in [2.45, 2.75) is 31.5 Å². The number of nitrogens with zero attached hydrogens (tertiary/aromatic N) is 1. The molecule has 17 heavy (non-hydrogen) atoms. The van der Waals surface area contributed by atoms with Gasteiger partial charge in [-0.15, -0.1) is 0 Å². The molecule has 0 saturated heterocycles. The van der Waals surface area contributed by atoms with Crippen LogP contribution in [0.25, 0.3) is 0 Å². The van der Waals surface area contributed by atoms with Crippen molar-refractivity contribution in [2.24, 2.45) is 0 Å². The second-order valence-electron chi connectivity index (χ2n) is 4.02. The largest absolute Gasteiger partial charge is 0.488 e. The van der Waals surface area contributed by atoms with Crippen molar-refractivity contribution in [2.75, 3.05) is 0 Å². The van der Waals surface area contributed by atoms with Gasteiger partial charge in [-0.1, -0.05) is 11.6 Å². The smallest absolute Gasteiger partial charge is 0.288 e. The quantitative estimate of drug-likeness (QED) is 0.667. The predicted octanol–water partition coefficient (Wildman–Crippen LogP) is 2.54. The lowest BCUT2D eigenvalue weighted by atomic mass is 10.2. The number of nitro groups is 1. The topological polar surface area (TPSA) is 72.6 Å². The predicted molar refractivity (Wildman–Crippen MR) is 62.4 cm³/mol. The molecule has 0 radical (unpaired) electrons. The molecule has 0 aliphatic heterocycles. The Balaban J connectivity index is 2.12. The minimum absolute atomic E-state index is 0.0417. The Morgan fingerprint density at radius 2 is 2.24 bits per heavy atom. The summed E-state index contributed by atoms with van der Waals surface area (Å²) in [6.07, 6.45) is 1.73. The number of halogens is 1. The lowest BCUT2D eigenvalue weighted by Crippen LogP contribution is -2.25. The summed E-state index contributed by atoms with van der Waals surface area (Å²) >= 11 is 5.76. The number of hydrogen-bond donors (Lipinski definition) is 1. The first-order valence-electron chi connectivity index (χ1n) is 5.36. The molecule has 2 atom stereocenters. The highest BCUT2D eigenvalue weighted by Gasteiger charge is 2.27. The number of aliphatic hydroxyl groups is 1. The molecule has 1 N–H and O–H groups in total. The Kier molecular flexibility index (Phi) is 3.49. The Labute approximate surface area is 103 Å². The fourth-order valence-corrected chi connectivity index (χ4v) is 2.17. The van der Waals surface area contributed by atoms with E-state index in [0.717, 1.165) is 19.3 Å². The molecule has 5 nitrogen and oxygen atoms in total. The molecule has 0 unspecified atom stereocenters. The molecule has 1 aromatic carbocycles. The summed E-state index contributed by atoms with van der Waals surface area (Å²) in [5.74, 6) is 0.451. The second-order valence-corrected chi connectivity index (χ2v) is 4.43. The first-order chi connectivity index (χ1) is 8.08. The minimum atomic E-state index is -0.545. The maximum Gasteiger partial charge on any atom is 0.288 e. The number of hydrogen-bond acceptors (Lipinski definition) is 4. The summed E-state index contributed by atoms with van der Waals surface area (Å²) in [5.41, 5.74) is -0.147. The zero-order chi connectivity index (χ0) is 12.4. The Morgan fingerprint density at radius 1 is 1.47 bits per heavy atom. The van der Waals surface area contributed by atoms with Crippen molar-refractivity contribution >= 4 is 17.3 Å². The molecule has 1 saturated carbocycles. The van der Waals surface area contributed by atoms with Gasteiger partial charge in [-0.05, 0) is 25.3 Å². The lowest BCUT2D eigenvalue weighted by Gasteiger charge is -2.17. The van der Waals surface area contributed by atoms with Gasteiger partial charge in [0.15, 0.2) is 0 Å².